The summed E-state index contributed by atoms with van der Waals surface area (Å²) < 4.78 is 127. The number of halogens is 10. The molecule has 0 aromatic heterocycles. The van der Waals surface area contributed by atoms with Crippen LogP contribution in [0.25, 0.3) is 0 Å². The van der Waals surface area contributed by atoms with Gasteiger partial charge in [-0.1, -0.05) is 0 Å². The van der Waals surface area contributed by atoms with Crippen LogP contribution >= 0.6 is 20.2 Å². The monoisotopic (exact) mass is 552 g/mol. The van der Waals surface area contributed by atoms with Crippen molar-refractivity contribution in [1.82, 2.24) is 0 Å². The van der Waals surface area contributed by atoms with E-state index in [0.717, 1.165) is 12.1 Å². The number of benzene rings is 2. The van der Waals surface area contributed by atoms with E-state index in [1.54, 1.807) is 0 Å². The number of fused-ring (bicyclic) bond motifs is 1. The second-order valence-corrected chi connectivity index (χ2v) is 10.8. The quantitative estimate of drug-likeness (QED) is 0.282. The van der Waals surface area contributed by atoms with Crippen molar-refractivity contribution in [2.75, 3.05) is 0 Å². The standard InChI is InChI=1S/C19H10F9IO/c20-17(21,22)14-13(10-6-2-1-3-7-10)15(14)29-12-9-5-4-8-11(12)16(30-29,18(23,24)25)19(26,27)28/h1-9,13H. The summed E-state index contributed by atoms with van der Waals surface area (Å²) >= 11 is -4.16. The van der Waals surface area contributed by atoms with Crippen molar-refractivity contribution in [2.24, 2.45) is 0 Å². The Labute approximate surface area is 171 Å². The van der Waals surface area contributed by atoms with Crippen LogP contribution in [0.1, 0.15) is 17.0 Å². The Balaban J connectivity index is 1.89. The Morgan fingerprint density at radius 2 is 1.27 bits per heavy atom. The molecule has 0 N–H and O–H groups in total. The number of hydrogen-bond donors (Lipinski definition) is 0. The molecular weight excluding hydrogens is 542 g/mol. The van der Waals surface area contributed by atoms with Gasteiger partial charge in [0.15, 0.2) is 0 Å². The van der Waals surface area contributed by atoms with Crippen molar-refractivity contribution in [2.45, 2.75) is 30.0 Å². The van der Waals surface area contributed by atoms with Crippen molar-refractivity contribution in [1.29, 1.82) is 0 Å². The van der Waals surface area contributed by atoms with Gasteiger partial charge in [0.2, 0.25) is 0 Å². The molecule has 0 spiro atoms. The molecule has 2 aliphatic rings. The number of alkyl halides is 9. The number of allylic oxidation sites excluding steroid dienone is 2. The molecule has 1 heterocycles. The maximum atomic E-state index is 13.7. The summed E-state index contributed by atoms with van der Waals surface area (Å²) in [5.74, 6) is -1.40. The first kappa shape index (κ1) is 21.5. The zero-order valence-electron chi connectivity index (χ0n) is 14.5. The molecule has 0 saturated carbocycles. The normalized spacial score (nSPS) is 22.3. The Hall–Kier alpha value is -1.76. The molecule has 1 atom stereocenters. The molecule has 162 valence electrons. The van der Waals surface area contributed by atoms with Crippen molar-refractivity contribution >= 4 is 20.2 Å². The van der Waals surface area contributed by atoms with Crippen molar-refractivity contribution < 1.29 is 42.6 Å². The molecule has 0 fully saturated rings. The third-order valence-electron chi connectivity index (χ3n) is 4.77. The van der Waals surface area contributed by atoms with Crippen LogP contribution in [-0.4, -0.2) is 18.5 Å². The molecule has 4 rings (SSSR count). The molecule has 2 aromatic rings. The van der Waals surface area contributed by atoms with Crippen LogP contribution in [-0.2, 0) is 8.67 Å². The topological polar surface area (TPSA) is 9.23 Å². The van der Waals surface area contributed by atoms with Gasteiger partial charge in [-0.15, -0.1) is 0 Å². The van der Waals surface area contributed by atoms with Crippen LogP contribution in [0.4, 0.5) is 39.5 Å². The summed E-state index contributed by atoms with van der Waals surface area (Å²) in [7, 11) is 0. The molecular formula is C19H10F9IO. The second-order valence-electron chi connectivity index (χ2n) is 6.59. The summed E-state index contributed by atoms with van der Waals surface area (Å²) in [6, 6.07) is 10.9. The third kappa shape index (κ3) is 3.03. The van der Waals surface area contributed by atoms with Gasteiger partial charge in [-0.3, -0.25) is 0 Å². The summed E-state index contributed by atoms with van der Waals surface area (Å²) in [5, 5.41) is 0. The van der Waals surface area contributed by atoms with Gasteiger partial charge >= 0.3 is 171 Å². The molecule has 1 unspecified atom stereocenters. The van der Waals surface area contributed by atoms with E-state index in [9.17, 15) is 39.5 Å². The van der Waals surface area contributed by atoms with Gasteiger partial charge in [0.25, 0.3) is 0 Å². The average Bonchev–Trinajstić information content (AvgIpc) is 3.28. The zero-order valence-corrected chi connectivity index (χ0v) is 16.6. The van der Waals surface area contributed by atoms with E-state index < -0.39 is 68.6 Å². The molecule has 0 bridgehead atoms. The fraction of sp³-hybridized carbons (Fsp3) is 0.263. The Kier molecular flexibility index (Phi) is 4.74. The first-order valence-corrected chi connectivity index (χ1v) is 11.3. The summed E-state index contributed by atoms with van der Waals surface area (Å²) in [6.45, 7) is 0. The van der Waals surface area contributed by atoms with Crippen LogP contribution in [0.15, 0.2) is 63.8 Å². The fourth-order valence-electron chi connectivity index (χ4n) is 3.44. The van der Waals surface area contributed by atoms with E-state index in [1.807, 2.05) is 0 Å². The SMILES string of the molecule is FC(F)(F)C1=C(I2OC(C(F)(F)F)(C(F)(F)F)c3ccccc32)C1c1ccccc1. The molecule has 0 amide bonds. The van der Waals surface area contributed by atoms with Crippen molar-refractivity contribution in [3.05, 3.63) is 78.4 Å². The van der Waals surface area contributed by atoms with Gasteiger partial charge in [0.1, 0.15) is 0 Å². The fourth-order valence-corrected chi connectivity index (χ4v) is 9.79. The van der Waals surface area contributed by atoms with E-state index in [2.05, 4.69) is 0 Å². The Morgan fingerprint density at radius 3 is 1.80 bits per heavy atom. The van der Waals surface area contributed by atoms with E-state index in [4.69, 9.17) is 3.07 Å². The van der Waals surface area contributed by atoms with Crippen LogP contribution in [0.2, 0.25) is 0 Å². The molecule has 1 nitrogen and oxygen atoms in total. The van der Waals surface area contributed by atoms with Gasteiger partial charge < -0.3 is 0 Å². The van der Waals surface area contributed by atoms with Gasteiger partial charge in [-0.05, 0) is 0 Å². The van der Waals surface area contributed by atoms with Crippen LogP contribution in [0, 0.1) is 3.57 Å². The van der Waals surface area contributed by atoms with Crippen molar-refractivity contribution in [3.8, 4) is 0 Å². The van der Waals surface area contributed by atoms with Gasteiger partial charge in [0.05, 0.1) is 0 Å². The summed E-state index contributed by atoms with van der Waals surface area (Å²) in [4.78, 5) is 0. The van der Waals surface area contributed by atoms with E-state index in [1.165, 1.54) is 36.4 Å². The average molecular weight is 552 g/mol. The van der Waals surface area contributed by atoms with E-state index >= 15 is 0 Å². The first-order chi connectivity index (χ1) is 13.8. The summed E-state index contributed by atoms with van der Waals surface area (Å²) in [6.07, 6.45) is -16.7. The molecule has 11 heteroatoms. The van der Waals surface area contributed by atoms with Gasteiger partial charge in [0, 0.05) is 0 Å². The number of hydrogen-bond acceptors (Lipinski definition) is 1. The first-order valence-electron chi connectivity index (χ1n) is 8.29. The minimum atomic E-state index is -5.90. The zero-order chi connectivity index (χ0) is 22.1. The third-order valence-corrected chi connectivity index (χ3v) is 10.1. The molecule has 1 aliphatic heterocycles. The molecule has 0 saturated heterocycles. The van der Waals surface area contributed by atoms with E-state index in [-0.39, 0.29) is 5.56 Å². The number of rotatable bonds is 2. The van der Waals surface area contributed by atoms with Crippen LogP contribution in [0.3, 0.4) is 0 Å². The summed E-state index contributed by atoms with van der Waals surface area (Å²) in [5.41, 5.74) is -6.79. The van der Waals surface area contributed by atoms with Crippen LogP contribution < -0.4 is 0 Å². The Morgan fingerprint density at radius 1 is 0.733 bits per heavy atom. The predicted molar refractivity (Wildman–Crippen MR) is 96.3 cm³/mol. The molecule has 2 aromatic carbocycles. The van der Waals surface area contributed by atoms with Crippen molar-refractivity contribution in [3.63, 3.8) is 0 Å². The predicted octanol–water partition coefficient (Wildman–Crippen LogP) is 7.24. The van der Waals surface area contributed by atoms with E-state index in [0.29, 0.717) is 6.07 Å². The maximum absolute atomic E-state index is 13.7. The minimum absolute atomic E-state index is 0.148. The van der Waals surface area contributed by atoms with Crippen LogP contribution in [0.5, 0.6) is 0 Å². The van der Waals surface area contributed by atoms with Gasteiger partial charge in [-0.25, -0.2) is 0 Å². The second kappa shape index (κ2) is 6.62. The molecule has 0 radical (unpaired) electrons. The Bertz CT molecular complexity index is 991. The molecule has 30 heavy (non-hydrogen) atoms. The van der Waals surface area contributed by atoms with Gasteiger partial charge in [-0.2, -0.15) is 0 Å². The molecule has 1 aliphatic carbocycles.